The lowest BCUT2D eigenvalue weighted by molar-refractivity contribution is 0.0696. The molecule has 0 saturated carbocycles. The molecule has 28 heavy (non-hydrogen) atoms. The van der Waals surface area contributed by atoms with Crippen LogP contribution in [0.2, 0.25) is 0 Å². The highest BCUT2D eigenvalue weighted by atomic mass is 16.5. The van der Waals surface area contributed by atoms with Crippen LogP contribution in [-0.2, 0) is 19.4 Å². The molecular formula is C22H23NO5. The first-order chi connectivity index (χ1) is 13.5. The van der Waals surface area contributed by atoms with Crippen molar-refractivity contribution in [1.29, 1.82) is 0 Å². The van der Waals surface area contributed by atoms with Crippen LogP contribution in [0, 0.1) is 0 Å². The Morgan fingerprint density at radius 3 is 2.57 bits per heavy atom. The largest absolute Gasteiger partial charge is 0.493 e. The molecule has 0 spiro atoms. The van der Waals surface area contributed by atoms with E-state index in [4.69, 9.17) is 9.47 Å². The highest BCUT2D eigenvalue weighted by Crippen LogP contribution is 2.34. The monoisotopic (exact) mass is 381 g/mol. The number of rotatable bonds is 6. The SMILES string of the molecule is C=CCc1cc(C(=O)N2CCc3ccc(C(=O)O)cc3C2)cc(OC)c1OC. The summed E-state index contributed by atoms with van der Waals surface area (Å²) in [5.41, 5.74) is 3.51. The van der Waals surface area contributed by atoms with E-state index in [0.29, 0.717) is 43.0 Å². The molecule has 2 aromatic carbocycles. The lowest BCUT2D eigenvalue weighted by atomic mass is 9.96. The summed E-state index contributed by atoms with van der Waals surface area (Å²) in [4.78, 5) is 26.1. The van der Waals surface area contributed by atoms with E-state index in [1.807, 2.05) is 6.07 Å². The van der Waals surface area contributed by atoms with E-state index in [2.05, 4.69) is 6.58 Å². The number of carbonyl (C=O) groups excluding carboxylic acids is 1. The zero-order chi connectivity index (χ0) is 20.3. The molecule has 1 amide bonds. The number of methoxy groups -OCH3 is 2. The molecule has 0 bridgehead atoms. The number of hydrogen-bond donors (Lipinski definition) is 1. The summed E-state index contributed by atoms with van der Waals surface area (Å²) in [5.74, 6) is -0.0114. The van der Waals surface area contributed by atoms with E-state index in [1.54, 1.807) is 42.4 Å². The van der Waals surface area contributed by atoms with E-state index in [-0.39, 0.29) is 11.5 Å². The van der Waals surface area contributed by atoms with Crippen LogP contribution in [0.3, 0.4) is 0 Å². The Bertz CT molecular complexity index is 935. The summed E-state index contributed by atoms with van der Waals surface area (Å²) in [6.07, 6.45) is 2.98. The third-order valence-corrected chi connectivity index (χ3v) is 4.92. The molecule has 1 aliphatic rings. The number of allylic oxidation sites excluding steroid dienone is 1. The van der Waals surface area contributed by atoms with Crippen molar-refractivity contribution in [3.05, 3.63) is 70.8 Å². The topological polar surface area (TPSA) is 76.1 Å². The molecule has 0 aromatic heterocycles. The summed E-state index contributed by atoms with van der Waals surface area (Å²) in [6.45, 7) is 4.71. The van der Waals surface area contributed by atoms with Gasteiger partial charge in [-0.3, -0.25) is 4.79 Å². The first-order valence-electron chi connectivity index (χ1n) is 8.98. The predicted octanol–water partition coefficient (Wildman–Crippen LogP) is 3.33. The van der Waals surface area contributed by atoms with Crippen LogP contribution in [0.5, 0.6) is 11.5 Å². The predicted molar refractivity (Wildman–Crippen MR) is 105 cm³/mol. The minimum Gasteiger partial charge on any atom is -0.493 e. The lowest BCUT2D eigenvalue weighted by Crippen LogP contribution is -2.36. The molecule has 1 N–H and O–H groups in total. The zero-order valence-electron chi connectivity index (χ0n) is 16.0. The molecule has 0 radical (unpaired) electrons. The van der Waals surface area contributed by atoms with Gasteiger partial charge in [0.15, 0.2) is 11.5 Å². The maximum Gasteiger partial charge on any atom is 0.335 e. The fourth-order valence-corrected chi connectivity index (χ4v) is 3.52. The van der Waals surface area contributed by atoms with Crippen molar-refractivity contribution in [2.24, 2.45) is 0 Å². The molecule has 0 unspecified atom stereocenters. The fourth-order valence-electron chi connectivity index (χ4n) is 3.52. The molecule has 0 atom stereocenters. The number of hydrogen-bond acceptors (Lipinski definition) is 4. The van der Waals surface area contributed by atoms with Gasteiger partial charge in [-0.25, -0.2) is 4.79 Å². The van der Waals surface area contributed by atoms with Crippen LogP contribution >= 0.6 is 0 Å². The minimum absolute atomic E-state index is 0.127. The van der Waals surface area contributed by atoms with Crippen LogP contribution in [0.4, 0.5) is 0 Å². The Labute approximate surface area is 164 Å². The van der Waals surface area contributed by atoms with Gasteiger partial charge < -0.3 is 19.5 Å². The lowest BCUT2D eigenvalue weighted by Gasteiger charge is -2.29. The van der Waals surface area contributed by atoms with Gasteiger partial charge in [0.25, 0.3) is 5.91 Å². The molecular weight excluding hydrogens is 358 g/mol. The molecule has 1 aliphatic heterocycles. The number of fused-ring (bicyclic) bond motifs is 1. The second-order valence-corrected chi connectivity index (χ2v) is 6.63. The maximum atomic E-state index is 13.1. The number of nitrogens with zero attached hydrogens (tertiary/aromatic N) is 1. The molecule has 2 aromatic rings. The number of carboxylic acid groups (broad SMARTS) is 1. The van der Waals surface area contributed by atoms with Crippen molar-refractivity contribution in [1.82, 2.24) is 4.90 Å². The van der Waals surface area contributed by atoms with Crippen molar-refractivity contribution in [2.45, 2.75) is 19.4 Å². The molecule has 1 heterocycles. The first kappa shape index (κ1) is 19.5. The van der Waals surface area contributed by atoms with Gasteiger partial charge in [-0.05, 0) is 48.2 Å². The van der Waals surface area contributed by atoms with Crippen LogP contribution < -0.4 is 9.47 Å². The summed E-state index contributed by atoms with van der Waals surface area (Å²) in [6, 6.07) is 8.56. The molecule has 3 rings (SSSR count). The number of aromatic carboxylic acids is 1. The van der Waals surface area contributed by atoms with Gasteiger partial charge in [-0.15, -0.1) is 6.58 Å². The van der Waals surface area contributed by atoms with Crippen LogP contribution in [0.25, 0.3) is 0 Å². The summed E-state index contributed by atoms with van der Waals surface area (Å²) in [5, 5.41) is 9.21. The van der Waals surface area contributed by atoms with Crippen molar-refractivity contribution in [3.8, 4) is 11.5 Å². The molecule has 6 heteroatoms. The fraction of sp³-hybridized carbons (Fsp3) is 0.273. The molecule has 0 fully saturated rings. The van der Waals surface area contributed by atoms with Gasteiger partial charge in [-0.1, -0.05) is 12.1 Å². The smallest absolute Gasteiger partial charge is 0.335 e. The van der Waals surface area contributed by atoms with Gasteiger partial charge >= 0.3 is 5.97 Å². The summed E-state index contributed by atoms with van der Waals surface area (Å²) in [7, 11) is 3.10. The number of carboxylic acids is 1. The normalized spacial score (nSPS) is 12.9. The third kappa shape index (κ3) is 3.71. The van der Waals surface area contributed by atoms with Crippen molar-refractivity contribution >= 4 is 11.9 Å². The highest BCUT2D eigenvalue weighted by molar-refractivity contribution is 5.95. The number of amides is 1. The Kier molecular flexibility index (Phi) is 5.68. The molecule has 0 saturated heterocycles. The summed E-state index contributed by atoms with van der Waals surface area (Å²) < 4.78 is 10.8. The summed E-state index contributed by atoms with van der Waals surface area (Å²) >= 11 is 0. The van der Waals surface area contributed by atoms with Gasteiger partial charge in [0, 0.05) is 24.2 Å². The van der Waals surface area contributed by atoms with Crippen molar-refractivity contribution < 1.29 is 24.2 Å². The van der Waals surface area contributed by atoms with Crippen LogP contribution in [-0.4, -0.2) is 42.6 Å². The van der Waals surface area contributed by atoms with Gasteiger partial charge in [-0.2, -0.15) is 0 Å². The Morgan fingerprint density at radius 1 is 1.14 bits per heavy atom. The average molecular weight is 381 g/mol. The second-order valence-electron chi connectivity index (χ2n) is 6.63. The zero-order valence-corrected chi connectivity index (χ0v) is 16.0. The van der Waals surface area contributed by atoms with Gasteiger partial charge in [0.2, 0.25) is 0 Å². The Balaban J connectivity index is 1.92. The standard InChI is InChI=1S/C22H23NO5/c1-4-5-15-10-17(12-19(27-2)20(15)28-3)21(24)23-9-8-14-6-7-16(22(25)26)11-18(14)13-23/h4,6-7,10-12H,1,5,8-9,13H2,2-3H3,(H,25,26). The van der Waals surface area contributed by atoms with Gasteiger partial charge in [0.1, 0.15) is 0 Å². The third-order valence-electron chi connectivity index (χ3n) is 4.92. The number of ether oxygens (including phenoxy) is 2. The Morgan fingerprint density at radius 2 is 1.93 bits per heavy atom. The van der Waals surface area contributed by atoms with Crippen molar-refractivity contribution in [3.63, 3.8) is 0 Å². The highest BCUT2D eigenvalue weighted by Gasteiger charge is 2.24. The number of carbonyl (C=O) groups is 2. The first-order valence-corrected chi connectivity index (χ1v) is 8.98. The number of benzene rings is 2. The van der Waals surface area contributed by atoms with E-state index < -0.39 is 5.97 Å². The van der Waals surface area contributed by atoms with Crippen LogP contribution in [0.1, 0.15) is 37.4 Å². The minimum atomic E-state index is -0.972. The van der Waals surface area contributed by atoms with Crippen molar-refractivity contribution in [2.75, 3.05) is 20.8 Å². The van der Waals surface area contributed by atoms with E-state index in [0.717, 1.165) is 16.7 Å². The molecule has 146 valence electrons. The quantitative estimate of drug-likeness (QED) is 0.777. The molecule has 6 nitrogen and oxygen atoms in total. The maximum absolute atomic E-state index is 13.1. The van der Waals surface area contributed by atoms with Gasteiger partial charge in [0.05, 0.1) is 19.8 Å². The van der Waals surface area contributed by atoms with E-state index >= 15 is 0 Å². The molecule has 0 aliphatic carbocycles. The average Bonchev–Trinajstić information content (AvgIpc) is 2.71. The van der Waals surface area contributed by atoms with E-state index in [9.17, 15) is 14.7 Å². The van der Waals surface area contributed by atoms with E-state index in [1.165, 1.54) is 7.11 Å². The second kappa shape index (κ2) is 8.17. The van der Waals surface area contributed by atoms with Crippen LogP contribution in [0.15, 0.2) is 43.0 Å². The Hall–Kier alpha value is -3.28.